The molecule has 0 bridgehead atoms. The van der Waals surface area contributed by atoms with E-state index in [9.17, 15) is 39.6 Å². The van der Waals surface area contributed by atoms with E-state index >= 15 is 0 Å². The van der Waals surface area contributed by atoms with Gasteiger partial charge in [-0.25, -0.2) is 16.8 Å². The van der Waals surface area contributed by atoms with Crippen LogP contribution in [0.25, 0.3) is 22.3 Å². The Kier molecular flexibility index (Phi) is 16.1. The molecular formula is C48H56BrF3O10S2. The first-order valence-corrected chi connectivity index (χ1v) is 24.8. The van der Waals surface area contributed by atoms with Crippen LogP contribution in [0.2, 0.25) is 0 Å². The summed E-state index contributed by atoms with van der Waals surface area (Å²) in [7, 11) is -8.03. The summed E-state index contributed by atoms with van der Waals surface area (Å²) in [5.74, 6) is -1.47. The van der Waals surface area contributed by atoms with E-state index in [4.69, 9.17) is 18.9 Å². The highest BCUT2D eigenvalue weighted by Crippen LogP contribution is 2.40. The number of hydrogen-bond acceptors (Lipinski definition) is 10. The second-order valence-corrected chi connectivity index (χ2v) is 23.4. The summed E-state index contributed by atoms with van der Waals surface area (Å²) in [4.78, 5) is 26.2. The summed E-state index contributed by atoms with van der Waals surface area (Å²) < 4.78 is 111. The molecule has 4 aromatic rings. The van der Waals surface area contributed by atoms with Crippen LogP contribution in [0.5, 0.6) is 0 Å². The van der Waals surface area contributed by atoms with Crippen molar-refractivity contribution >= 4 is 47.5 Å². The van der Waals surface area contributed by atoms with Gasteiger partial charge in [0.2, 0.25) is 0 Å². The fourth-order valence-corrected chi connectivity index (χ4v) is 11.5. The van der Waals surface area contributed by atoms with Gasteiger partial charge in [-0.1, -0.05) is 76.6 Å². The van der Waals surface area contributed by atoms with Crippen molar-refractivity contribution in [2.75, 3.05) is 26.4 Å². The van der Waals surface area contributed by atoms with Crippen molar-refractivity contribution in [2.24, 2.45) is 0 Å². The largest absolute Gasteiger partial charge is 0.459 e. The lowest BCUT2D eigenvalue weighted by Gasteiger charge is -2.36. The number of aryl methyl sites for hydroxylation is 1. The first kappa shape index (κ1) is 50.9. The monoisotopic (exact) mass is 992 g/mol. The Balaban J connectivity index is 0.000000245. The van der Waals surface area contributed by atoms with Gasteiger partial charge in [-0.15, -0.1) is 0 Å². The molecule has 348 valence electrons. The van der Waals surface area contributed by atoms with E-state index in [2.05, 4.69) is 15.9 Å². The number of sulfone groups is 2. The summed E-state index contributed by atoms with van der Waals surface area (Å²) in [6, 6.07) is 27.8. The number of hydrogen-bond donors (Lipinski definition) is 0. The zero-order valence-electron chi connectivity index (χ0n) is 36.9. The van der Waals surface area contributed by atoms with Crippen molar-refractivity contribution in [3.63, 3.8) is 0 Å². The highest BCUT2D eigenvalue weighted by molar-refractivity contribution is 9.10. The zero-order chi connectivity index (χ0) is 47.2. The third kappa shape index (κ3) is 12.4. The van der Waals surface area contributed by atoms with E-state index in [1.54, 1.807) is 102 Å². The number of halogens is 4. The number of alkyl halides is 3. The van der Waals surface area contributed by atoms with Crippen LogP contribution in [0, 0.1) is 0 Å². The third-order valence-electron chi connectivity index (χ3n) is 10.9. The van der Waals surface area contributed by atoms with Gasteiger partial charge in [-0.05, 0) is 119 Å². The maximum atomic E-state index is 13.7. The number of esters is 2. The second kappa shape index (κ2) is 20.2. The molecule has 0 aliphatic carbocycles. The first-order valence-electron chi connectivity index (χ1n) is 21.0. The number of carbonyl (C=O) groups is 2. The number of carbonyl (C=O) groups excluding carboxylic acids is 2. The van der Waals surface area contributed by atoms with E-state index in [0.29, 0.717) is 6.42 Å². The Hall–Kier alpha value is -4.09. The predicted octanol–water partition coefficient (Wildman–Crippen LogP) is 10.7. The Morgan fingerprint density at radius 3 is 1.19 bits per heavy atom. The molecule has 0 N–H and O–H groups in total. The second-order valence-electron chi connectivity index (χ2n) is 17.9. The molecule has 6 rings (SSSR count). The molecule has 16 heteroatoms. The van der Waals surface area contributed by atoms with E-state index in [1.807, 2.05) is 24.3 Å². The van der Waals surface area contributed by atoms with E-state index in [1.165, 1.54) is 12.1 Å². The molecule has 2 saturated heterocycles. The standard InChI is InChI=1S/C26H31F3O5S.C22H25BrO5S/c1-24(2,3)34-23(30)25(15-17-33-18-16-25)35(31,32)22-12-10-21(11-13-22)20-8-6-19(7-9-20)5-4-14-26(27,28)29;1-21(2,3)28-20(24)22(12-14-27-15-13-22)29(25,26)19-10-6-17(7-11-19)16-4-8-18(23)9-5-16/h6-13H,4-5,14-18H2,1-3H3;4-11H,12-15H2,1-3H3. The number of rotatable bonds is 11. The minimum atomic E-state index is -4.16. The van der Waals surface area contributed by atoms with Crippen molar-refractivity contribution in [1.29, 1.82) is 0 Å². The minimum Gasteiger partial charge on any atom is -0.459 e. The molecule has 10 nitrogen and oxygen atoms in total. The molecule has 0 radical (unpaired) electrons. The number of ether oxygens (including phenoxy) is 4. The zero-order valence-corrected chi connectivity index (χ0v) is 40.1. The molecule has 4 aromatic carbocycles. The molecule has 2 fully saturated rings. The van der Waals surface area contributed by atoms with Crippen molar-refractivity contribution < 1.29 is 58.5 Å². The summed E-state index contributed by atoms with van der Waals surface area (Å²) in [6.07, 6.45) is -4.43. The predicted molar refractivity (Wildman–Crippen MR) is 242 cm³/mol. The van der Waals surface area contributed by atoms with Crippen LogP contribution in [0.15, 0.2) is 111 Å². The fourth-order valence-electron chi connectivity index (χ4n) is 7.41. The van der Waals surface area contributed by atoms with Gasteiger partial charge in [0.15, 0.2) is 29.2 Å². The Labute approximate surface area is 383 Å². The van der Waals surface area contributed by atoms with Gasteiger partial charge in [0.25, 0.3) is 0 Å². The van der Waals surface area contributed by atoms with Crippen LogP contribution in [0.3, 0.4) is 0 Å². The highest BCUT2D eigenvalue weighted by Gasteiger charge is 2.55. The smallest absolute Gasteiger partial charge is 0.389 e. The quantitative estimate of drug-likeness (QED) is 0.133. The molecule has 2 aliphatic rings. The molecule has 0 aromatic heterocycles. The lowest BCUT2D eigenvalue weighted by Crippen LogP contribution is -2.53. The molecule has 64 heavy (non-hydrogen) atoms. The van der Waals surface area contributed by atoms with Gasteiger partial charge in [0, 0.05) is 63.0 Å². The molecule has 0 unspecified atom stereocenters. The third-order valence-corrected chi connectivity index (χ3v) is 16.4. The molecule has 0 spiro atoms. The lowest BCUT2D eigenvalue weighted by atomic mass is 9.99. The molecule has 0 saturated carbocycles. The molecule has 0 amide bonds. The SMILES string of the molecule is CC(C)(C)OC(=O)C1(S(=O)(=O)c2ccc(-c3ccc(Br)cc3)cc2)CCOCC1.CC(C)(C)OC(=O)C1(S(=O)(=O)c2ccc(-c3ccc(CCCC(F)(F)F)cc3)cc2)CCOCC1. The van der Waals surface area contributed by atoms with Crippen LogP contribution >= 0.6 is 15.9 Å². The Morgan fingerprint density at radius 1 is 0.562 bits per heavy atom. The van der Waals surface area contributed by atoms with Gasteiger partial charge in [0.1, 0.15) is 11.2 Å². The fraction of sp³-hybridized carbons (Fsp3) is 0.458. The summed E-state index contributed by atoms with van der Waals surface area (Å²) >= 11 is 3.41. The summed E-state index contributed by atoms with van der Waals surface area (Å²) in [5.41, 5.74) is 2.63. The first-order chi connectivity index (χ1) is 29.8. The van der Waals surface area contributed by atoms with Gasteiger partial charge >= 0.3 is 18.1 Å². The van der Waals surface area contributed by atoms with Crippen molar-refractivity contribution in [3.05, 3.63) is 107 Å². The average Bonchev–Trinajstić information content (AvgIpc) is 3.23. The van der Waals surface area contributed by atoms with Gasteiger partial charge in [0.05, 0.1) is 9.79 Å². The summed E-state index contributed by atoms with van der Waals surface area (Å²) in [6.45, 7) is 11.0. The molecule has 2 heterocycles. The summed E-state index contributed by atoms with van der Waals surface area (Å²) in [5, 5.41) is 0. The van der Waals surface area contributed by atoms with Crippen LogP contribution in [0.4, 0.5) is 13.2 Å². The van der Waals surface area contributed by atoms with Crippen LogP contribution in [-0.2, 0) is 54.6 Å². The Bertz CT molecular complexity index is 2430. The molecular weight excluding hydrogens is 938 g/mol. The normalized spacial score (nSPS) is 16.8. The van der Waals surface area contributed by atoms with Gasteiger partial charge in [-0.3, -0.25) is 9.59 Å². The highest BCUT2D eigenvalue weighted by atomic mass is 79.9. The number of benzene rings is 4. The van der Waals surface area contributed by atoms with Crippen LogP contribution < -0.4 is 0 Å². The van der Waals surface area contributed by atoms with E-state index in [0.717, 1.165) is 32.3 Å². The van der Waals surface area contributed by atoms with Crippen molar-refractivity contribution in [2.45, 2.75) is 123 Å². The van der Waals surface area contributed by atoms with Crippen molar-refractivity contribution in [1.82, 2.24) is 0 Å². The van der Waals surface area contributed by atoms with Crippen molar-refractivity contribution in [3.8, 4) is 22.3 Å². The average molecular weight is 994 g/mol. The van der Waals surface area contributed by atoms with Gasteiger partial charge in [-0.2, -0.15) is 13.2 Å². The maximum absolute atomic E-state index is 13.7. The topological polar surface area (TPSA) is 139 Å². The van der Waals surface area contributed by atoms with E-state index in [-0.39, 0.29) is 68.3 Å². The maximum Gasteiger partial charge on any atom is 0.389 e. The molecule has 0 atom stereocenters. The minimum absolute atomic E-state index is 0.0157. The van der Waals surface area contributed by atoms with E-state index < -0.39 is 64.9 Å². The Morgan fingerprint density at radius 2 is 0.875 bits per heavy atom. The van der Waals surface area contributed by atoms with Crippen LogP contribution in [0.1, 0.15) is 85.6 Å². The van der Waals surface area contributed by atoms with Crippen LogP contribution in [-0.4, -0.2) is 82.1 Å². The lowest BCUT2D eigenvalue weighted by molar-refractivity contribution is -0.161. The van der Waals surface area contributed by atoms with Gasteiger partial charge < -0.3 is 18.9 Å². The molecule has 2 aliphatic heterocycles.